The molecule has 108 valence electrons. The van der Waals surface area contributed by atoms with Gasteiger partial charge in [0.1, 0.15) is 0 Å². The summed E-state index contributed by atoms with van der Waals surface area (Å²) >= 11 is 0. The minimum Gasteiger partial charge on any atom is -0.481 e. The fraction of sp³-hybridized carbons (Fsp3) is 0.357. The van der Waals surface area contributed by atoms with Crippen LogP contribution in [0.1, 0.15) is 29.3 Å². The molecule has 0 aliphatic heterocycles. The molecule has 0 amide bonds. The van der Waals surface area contributed by atoms with Gasteiger partial charge in [0.05, 0.1) is 12.0 Å². The normalized spacial score (nSPS) is 12.1. The standard InChI is InChI=1S/C14H14F3NO2/c1-3-8-4-10-9(5-13(19)20)7(2)18-12(10)6-11(8)14(15,16)17/h4,6,18H,3,5H2,1-2H3,(H,19,20). The van der Waals surface area contributed by atoms with Crippen LogP contribution in [-0.4, -0.2) is 16.1 Å². The molecule has 0 saturated carbocycles. The van der Waals surface area contributed by atoms with Gasteiger partial charge >= 0.3 is 12.1 Å². The van der Waals surface area contributed by atoms with E-state index in [9.17, 15) is 18.0 Å². The summed E-state index contributed by atoms with van der Waals surface area (Å²) in [4.78, 5) is 13.7. The van der Waals surface area contributed by atoms with Gasteiger partial charge in [0.25, 0.3) is 0 Å². The molecule has 2 rings (SSSR count). The van der Waals surface area contributed by atoms with Crippen molar-refractivity contribution in [2.75, 3.05) is 0 Å². The Hall–Kier alpha value is -1.98. The maximum Gasteiger partial charge on any atom is 0.416 e. The number of benzene rings is 1. The SMILES string of the molecule is CCc1cc2c(CC(=O)O)c(C)[nH]c2cc1C(F)(F)F. The topological polar surface area (TPSA) is 53.1 Å². The zero-order valence-corrected chi connectivity index (χ0v) is 11.1. The third kappa shape index (κ3) is 2.50. The second-order valence-corrected chi connectivity index (χ2v) is 4.71. The van der Waals surface area contributed by atoms with Gasteiger partial charge in [0.2, 0.25) is 0 Å². The maximum absolute atomic E-state index is 13.0. The van der Waals surface area contributed by atoms with E-state index in [1.807, 2.05) is 0 Å². The molecule has 0 unspecified atom stereocenters. The van der Waals surface area contributed by atoms with Crippen molar-refractivity contribution in [1.82, 2.24) is 4.98 Å². The molecular formula is C14H14F3NO2. The third-order valence-corrected chi connectivity index (χ3v) is 3.36. The molecule has 0 aliphatic carbocycles. The van der Waals surface area contributed by atoms with Crippen LogP contribution in [-0.2, 0) is 23.8 Å². The summed E-state index contributed by atoms with van der Waals surface area (Å²) < 4.78 is 38.9. The first-order chi connectivity index (χ1) is 9.24. The van der Waals surface area contributed by atoms with Gasteiger partial charge in [-0.2, -0.15) is 13.2 Å². The molecule has 1 heterocycles. The van der Waals surface area contributed by atoms with Crippen molar-refractivity contribution in [3.8, 4) is 0 Å². The highest BCUT2D eigenvalue weighted by atomic mass is 19.4. The van der Waals surface area contributed by atoms with Crippen molar-refractivity contribution < 1.29 is 23.1 Å². The van der Waals surface area contributed by atoms with Gasteiger partial charge < -0.3 is 10.1 Å². The molecule has 0 atom stereocenters. The Morgan fingerprint density at radius 1 is 1.35 bits per heavy atom. The average Bonchev–Trinajstić information content (AvgIpc) is 2.62. The molecule has 6 heteroatoms. The van der Waals surface area contributed by atoms with E-state index in [4.69, 9.17) is 5.11 Å². The quantitative estimate of drug-likeness (QED) is 0.903. The van der Waals surface area contributed by atoms with Crippen LogP contribution < -0.4 is 0 Å². The fourth-order valence-corrected chi connectivity index (χ4v) is 2.41. The first kappa shape index (κ1) is 14.4. The van der Waals surface area contributed by atoms with E-state index in [2.05, 4.69) is 4.98 Å². The number of carboxylic acids is 1. The molecule has 2 N–H and O–H groups in total. The van der Waals surface area contributed by atoms with E-state index in [0.717, 1.165) is 6.07 Å². The Balaban J connectivity index is 2.71. The molecule has 20 heavy (non-hydrogen) atoms. The Morgan fingerprint density at radius 3 is 2.50 bits per heavy atom. The number of rotatable bonds is 3. The summed E-state index contributed by atoms with van der Waals surface area (Å²) in [6.07, 6.45) is -4.38. The van der Waals surface area contributed by atoms with Crippen LogP contribution in [0.3, 0.4) is 0 Å². The van der Waals surface area contributed by atoms with Crippen molar-refractivity contribution in [1.29, 1.82) is 0 Å². The number of hydrogen-bond donors (Lipinski definition) is 2. The number of aromatic amines is 1. The van der Waals surface area contributed by atoms with Crippen molar-refractivity contribution in [2.24, 2.45) is 0 Å². The smallest absolute Gasteiger partial charge is 0.416 e. The summed E-state index contributed by atoms with van der Waals surface area (Å²) in [6, 6.07) is 2.51. The summed E-state index contributed by atoms with van der Waals surface area (Å²) in [5.74, 6) is -1.01. The minimum absolute atomic E-state index is 0.177. The van der Waals surface area contributed by atoms with Gasteiger partial charge in [-0.25, -0.2) is 0 Å². The van der Waals surface area contributed by atoms with Crippen LogP contribution in [0.5, 0.6) is 0 Å². The van der Waals surface area contributed by atoms with Crippen LogP contribution in [0.15, 0.2) is 12.1 Å². The molecule has 0 bridgehead atoms. The second-order valence-electron chi connectivity index (χ2n) is 4.71. The van der Waals surface area contributed by atoms with Crippen molar-refractivity contribution >= 4 is 16.9 Å². The van der Waals surface area contributed by atoms with E-state index in [1.165, 1.54) is 6.07 Å². The second kappa shape index (κ2) is 4.85. The molecule has 0 spiro atoms. The number of H-pyrrole nitrogens is 1. The highest BCUT2D eigenvalue weighted by Crippen LogP contribution is 2.36. The van der Waals surface area contributed by atoms with Crippen LogP contribution in [0, 0.1) is 6.92 Å². The molecule has 1 aromatic heterocycles. The lowest BCUT2D eigenvalue weighted by molar-refractivity contribution is -0.138. The van der Waals surface area contributed by atoms with Crippen molar-refractivity contribution in [2.45, 2.75) is 32.9 Å². The summed E-state index contributed by atoms with van der Waals surface area (Å²) in [6.45, 7) is 3.31. The Kier molecular flexibility index (Phi) is 3.50. The number of carbonyl (C=O) groups is 1. The van der Waals surface area contributed by atoms with Gasteiger partial charge in [-0.15, -0.1) is 0 Å². The number of fused-ring (bicyclic) bond motifs is 1. The monoisotopic (exact) mass is 285 g/mol. The third-order valence-electron chi connectivity index (χ3n) is 3.36. The number of carboxylic acid groups (broad SMARTS) is 1. The summed E-state index contributed by atoms with van der Waals surface area (Å²) in [5, 5.41) is 9.44. The molecular weight excluding hydrogens is 271 g/mol. The predicted molar refractivity (Wildman–Crippen MR) is 68.8 cm³/mol. The fourth-order valence-electron chi connectivity index (χ4n) is 2.41. The van der Waals surface area contributed by atoms with Crippen molar-refractivity contribution in [3.05, 3.63) is 34.5 Å². The van der Waals surface area contributed by atoms with Crippen LogP contribution in [0.25, 0.3) is 10.9 Å². The zero-order chi connectivity index (χ0) is 15.1. The molecule has 2 aromatic rings. The van der Waals surface area contributed by atoms with Crippen LogP contribution in [0.2, 0.25) is 0 Å². The highest BCUT2D eigenvalue weighted by molar-refractivity contribution is 5.89. The first-order valence-electron chi connectivity index (χ1n) is 6.17. The molecule has 0 radical (unpaired) electrons. The van der Waals surface area contributed by atoms with Crippen molar-refractivity contribution in [3.63, 3.8) is 0 Å². The largest absolute Gasteiger partial charge is 0.481 e. The summed E-state index contributed by atoms with van der Waals surface area (Å²) in [5.41, 5.74) is 0.953. The van der Waals surface area contributed by atoms with Crippen LogP contribution >= 0.6 is 0 Å². The molecule has 1 aromatic carbocycles. The highest BCUT2D eigenvalue weighted by Gasteiger charge is 2.33. The van der Waals surface area contributed by atoms with E-state index in [1.54, 1.807) is 13.8 Å². The zero-order valence-electron chi connectivity index (χ0n) is 11.1. The summed E-state index contributed by atoms with van der Waals surface area (Å²) in [7, 11) is 0. The lowest BCUT2D eigenvalue weighted by Gasteiger charge is -2.12. The number of halogens is 3. The van der Waals surface area contributed by atoms with E-state index < -0.39 is 17.7 Å². The molecule has 3 nitrogen and oxygen atoms in total. The van der Waals surface area contributed by atoms with Gasteiger partial charge in [-0.3, -0.25) is 4.79 Å². The van der Waals surface area contributed by atoms with E-state index in [-0.39, 0.29) is 18.4 Å². The number of hydrogen-bond acceptors (Lipinski definition) is 1. The Bertz CT molecular complexity index is 671. The number of aliphatic carboxylic acids is 1. The van der Waals surface area contributed by atoms with E-state index in [0.29, 0.717) is 22.2 Å². The lowest BCUT2D eigenvalue weighted by Crippen LogP contribution is -2.09. The van der Waals surface area contributed by atoms with Gasteiger partial charge in [-0.05, 0) is 36.6 Å². The number of aryl methyl sites for hydroxylation is 2. The number of alkyl halides is 3. The lowest BCUT2D eigenvalue weighted by atomic mass is 9.99. The van der Waals surface area contributed by atoms with Crippen LogP contribution in [0.4, 0.5) is 13.2 Å². The molecule has 0 aliphatic rings. The minimum atomic E-state index is -4.41. The Labute approximate surface area is 113 Å². The van der Waals surface area contributed by atoms with E-state index >= 15 is 0 Å². The van der Waals surface area contributed by atoms with Gasteiger partial charge in [0, 0.05) is 16.6 Å². The average molecular weight is 285 g/mol. The molecule has 0 fully saturated rings. The van der Waals surface area contributed by atoms with Gasteiger partial charge in [-0.1, -0.05) is 6.92 Å². The number of nitrogens with one attached hydrogen (secondary N) is 1. The molecule has 0 saturated heterocycles. The number of aromatic nitrogens is 1. The predicted octanol–water partition coefficient (Wildman–Crippen LogP) is 3.68. The van der Waals surface area contributed by atoms with Gasteiger partial charge in [0.15, 0.2) is 0 Å². The Morgan fingerprint density at radius 2 is 2.00 bits per heavy atom. The maximum atomic E-state index is 13.0. The first-order valence-corrected chi connectivity index (χ1v) is 6.17.